The predicted octanol–water partition coefficient (Wildman–Crippen LogP) is 2.45. The van der Waals surface area contributed by atoms with Crippen LogP contribution in [0.25, 0.3) is 11.1 Å². The lowest BCUT2D eigenvalue weighted by molar-refractivity contribution is -0.125. The molecule has 3 heterocycles. The number of benzene rings is 1. The van der Waals surface area contributed by atoms with E-state index in [-0.39, 0.29) is 11.8 Å². The zero-order valence-electron chi connectivity index (χ0n) is 13.8. The van der Waals surface area contributed by atoms with Crippen molar-refractivity contribution in [3.63, 3.8) is 0 Å². The van der Waals surface area contributed by atoms with E-state index in [2.05, 4.69) is 20.5 Å². The van der Waals surface area contributed by atoms with Crippen LogP contribution in [-0.2, 0) is 11.3 Å². The second kappa shape index (κ2) is 7.08. The van der Waals surface area contributed by atoms with Crippen molar-refractivity contribution in [1.29, 1.82) is 0 Å². The standard InChI is InChI=1S/C16H17ClN6O2S/c17-10-3-4-12-11(6-10)20-16(25-12)23-5-1-2-9(8-23)14(24)19-7-13-21-22-15(18)26-13/h3-4,6,9H,1-2,5,7-8H2,(H2,18,22)(H,19,24). The summed E-state index contributed by atoms with van der Waals surface area (Å²) in [7, 11) is 0. The highest BCUT2D eigenvalue weighted by molar-refractivity contribution is 7.15. The van der Waals surface area contributed by atoms with Gasteiger partial charge in [-0.05, 0) is 31.0 Å². The second-order valence-corrected chi connectivity index (χ2v) is 7.68. The monoisotopic (exact) mass is 392 g/mol. The Bertz CT molecular complexity index is 942. The number of nitrogens with two attached hydrogens (primary N) is 1. The van der Waals surface area contributed by atoms with E-state index in [0.29, 0.717) is 45.4 Å². The first-order chi connectivity index (χ1) is 12.6. The molecule has 2 aromatic heterocycles. The topological polar surface area (TPSA) is 110 Å². The van der Waals surface area contributed by atoms with Gasteiger partial charge in [0.1, 0.15) is 10.5 Å². The quantitative estimate of drug-likeness (QED) is 0.701. The summed E-state index contributed by atoms with van der Waals surface area (Å²) in [5.74, 6) is -0.143. The molecule has 4 rings (SSSR count). The highest BCUT2D eigenvalue weighted by Gasteiger charge is 2.28. The highest BCUT2D eigenvalue weighted by Crippen LogP contribution is 2.28. The lowest BCUT2D eigenvalue weighted by atomic mass is 9.97. The summed E-state index contributed by atoms with van der Waals surface area (Å²) in [6.45, 7) is 1.70. The maximum atomic E-state index is 12.5. The number of rotatable bonds is 4. The van der Waals surface area contributed by atoms with Gasteiger partial charge in [0, 0.05) is 18.1 Å². The van der Waals surface area contributed by atoms with Crippen molar-refractivity contribution in [1.82, 2.24) is 20.5 Å². The second-order valence-electron chi connectivity index (χ2n) is 6.15. The molecule has 0 radical (unpaired) electrons. The Kier molecular flexibility index (Phi) is 4.64. The van der Waals surface area contributed by atoms with Gasteiger partial charge in [0.15, 0.2) is 5.58 Å². The third kappa shape index (κ3) is 3.58. The molecule has 8 nitrogen and oxygen atoms in total. The summed E-state index contributed by atoms with van der Waals surface area (Å²) >= 11 is 7.27. The highest BCUT2D eigenvalue weighted by atomic mass is 35.5. The first-order valence-electron chi connectivity index (χ1n) is 8.25. The number of anilines is 2. The molecule has 1 aliphatic rings. The number of halogens is 1. The van der Waals surface area contributed by atoms with Crippen LogP contribution in [0.1, 0.15) is 17.8 Å². The minimum absolute atomic E-state index is 0.0115. The van der Waals surface area contributed by atoms with E-state index in [1.165, 1.54) is 11.3 Å². The average Bonchev–Trinajstić information content (AvgIpc) is 3.25. The van der Waals surface area contributed by atoms with Crippen molar-refractivity contribution in [3.8, 4) is 0 Å². The van der Waals surface area contributed by atoms with E-state index in [4.69, 9.17) is 21.8 Å². The van der Waals surface area contributed by atoms with Crippen molar-refractivity contribution in [3.05, 3.63) is 28.2 Å². The lowest BCUT2D eigenvalue weighted by Crippen LogP contribution is -2.43. The number of hydrogen-bond donors (Lipinski definition) is 2. The molecule has 1 saturated heterocycles. The third-order valence-corrected chi connectivity index (χ3v) is 5.28. The zero-order chi connectivity index (χ0) is 18.1. The maximum absolute atomic E-state index is 12.5. The van der Waals surface area contributed by atoms with Gasteiger partial charge in [-0.25, -0.2) is 0 Å². The molecule has 1 atom stereocenters. The number of fused-ring (bicyclic) bond motifs is 1. The van der Waals surface area contributed by atoms with Crippen LogP contribution in [-0.4, -0.2) is 34.2 Å². The molecule has 1 aliphatic heterocycles. The maximum Gasteiger partial charge on any atom is 0.298 e. The molecule has 1 aromatic carbocycles. The van der Waals surface area contributed by atoms with E-state index in [9.17, 15) is 4.79 Å². The molecular formula is C16H17ClN6O2S. The number of nitrogens with zero attached hydrogens (tertiary/aromatic N) is 4. The molecule has 0 saturated carbocycles. The molecule has 0 spiro atoms. The summed E-state index contributed by atoms with van der Waals surface area (Å²) in [5.41, 5.74) is 6.95. The summed E-state index contributed by atoms with van der Waals surface area (Å²) in [4.78, 5) is 19.0. The molecule has 3 N–H and O–H groups in total. The van der Waals surface area contributed by atoms with Gasteiger partial charge in [-0.15, -0.1) is 10.2 Å². The summed E-state index contributed by atoms with van der Waals surface area (Å²) in [5, 5.41) is 12.3. The normalized spacial score (nSPS) is 17.6. The van der Waals surface area contributed by atoms with E-state index in [0.717, 1.165) is 19.4 Å². The number of carbonyl (C=O) groups is 1. The number of piperidine rings is 1. The van der Waals surface area contributed by atoms with Crippen molar-refractivity contribution in [2.45, 2.75) is 19.4 Å². The molecule has 136 valence electrons. The first kappa shape index (κ1) is 17.0. The number of nitrogens with one attached hydrogen (secondary N) is 1. The van der Waals surface area contributed by atoms with Gasteiger partial charge >= 0.3 is 0 Å². The number of oxazole rings is 1. The van der Waals surface area contributed by atoms with Crippen molar-refractivity contribution in [2.75, 3.05) is 23.7 Å². The van der Waals surface area contributed by atoms with Gasteiger partial charge in [-0.3, -0.25) is 4.79 Å². The fraction of sp³-hybridized carbons (Fsp3) is 0.375. The molecule has 26 heavy (non-hydrogen) atoms. The van der Waals surface area contributed by atoms with Crippen LogP contribution < -0.4 is 16.0 Å². The third-order valence-electron chi connectivity index (χ3n) is 4.30. The van der Waals surface area contributed by atoms with Crippen LogP contribution in [0, 0.1) is 5.92 Å². The largest absolute Gasteiger partial charge is 0.423 e. The Morgan fingerprint density at radius 3 is 3.15 bits per heavy atom. The van der Waals surface area contributed by atoms with Crippen LogP contribution in [0.3, 0.4) is 0 Å². The Morgan fingerprint density at radius 1 is 1.46 bits per heavy atom. The number of nitrogen functional groups attached to an aromatic ring is 1. The SMILES string of the molecule is Nc1nnc(CNC(=O)C2CCCN(c3nc4cc(Cl)ccc4o3)C2)s1. The zero-order valence-corrected chi connectivity index (χ0v) is 15.4. The predicted molar refractivity (Wildman–Crippen MR) is 100 cm³/mol. The smallest absolute Gasteiger partial charge is 0.298 e. The molecule has 1 amide bonds. The van der Waals surface area contributed by atoms with Gasteiger partial charge in [-0.2, -0.15) is 4.98 Å². The van der Waals surface area contributed by atoms with E-state index in [1.807, 2.05) is 4.90 Å². The van der Waals surface area contributed by atoms with E-state index >= 15 is 0 Å². The van der Waals surface area contributed by atoms with E-state index in [1.54, 1.807) is 18.2 Å². The number of aromatic nitrogens is 3. The van der Waals surface area contributed by atoms with E-state index < -0.39 is 0 Å². The Labute approximate surface area is 158 Å². The van der Waals surface area contributed by atoms with Crippen molar-refractivity contribution < 1.29 is 9.21 Å². The minimum Gasteiger partial charge on any atom is -0.423 e. The molecule has 0 aliphatic carbocycles. The van der Waals surface area contributed by atoms with Gasteiger partial charge in [0.05, 0.1) is 12.5 Å². The molecule has 10 heteroatoms. The number of hydrogen-bond acceptors (Lipinski definition) is 8. The van der Waals surface area contributed by atoms with Crippen molar-refractivity contribution >= 4 is 51.1 Å². The van der Waals surface area contributed by atoms with Gasteiger partial charge in [0.25, 0.3) is 6.01 Å². The van der Waals surface area contributed by atoms with Gasteiger partial charge < -0.3 is 20.4 Å². The fourth-order valence-electron chi connectivity index (χ4n) is 3.03. The fourth-order valence-corrected chi connectivity index (χ4v) is 3.75. The first-order valence-corrected chi connectivity index (χ1v) is 9.44. The van der Waals surface area contributed by atoms with Gasteiger partial charge in [-0.1, -0.05) is 22.9 Å². The minimum atomic E-state index is -0.132. The Balaban J connectivity index is 1.41. The van der Waals surface area contributed by atoms with Crippen LogP contribution in [0.4, 0.5) is 11.1 Å². The number of carbonyl (C=O) groups excluding carboxylic acids is 1. The summed E-state index contributed by atoms with van der Waals surface area (Å²) in [6.07, 6.45) is 1.72. The van der Waals surface area contributed by atoms with Crippen LogP contribution >= 0.6 is 22.9 Å². The molecular weight excluding hydrogens is 376 g/mol. The molecule has 1 unspecified atom stereocenters. The average molecular weight is 393 g/mol. The van der Waals surface area contributed by atoms with Crippen LogP contribution in [0.5, 0.6) is 0 Å². The van der Waals surface area contributed by atoms with Crippen LogP contribution in [0.15, 0.2) is 22.6 Å². The Morgan fingerprint density at radius 2 is 2.35 bits per heavy atom. The summed E-state index contributed by atoms with van der Waals surface area (Å²) < 4.78 is 5.82. The Hall–Kier alpha value is -2.39. The van der Waals surface area contributed by atoms with Crippen LogP contribution in [0.2, 0.25) is 5.02 Å². The molecule has 3 aromatic rings. The molecule has 0 bridgehead atoms. The van der Waals surface area contributed by atoms with Gasteiger partial charge in [0.2, 0.25) is 11.0 Å². The lowest BCUT2D eigenvalue weighted by Gasteiger charge is -2.30. The molecule has 1 fully saturated rings. The number of amides is 1. The van der Waals surface area contributed by atoms with Crippen molar-refractivity contribution in [2.24, 2.45) is 5.92 Å². The summed E-state index contributed by atoms with van der Waals surface area (Å²) in [6, 6.07) is 5.87.